The van der Waals surface area contributed by atoms with Crippen LogP contribution in [0.1, 0.15) is 15.9 Å². The third kappa shape index (κ3) is 5.71. The molecule has 0 fully saturated rings. The third-order valence-corrected chi connectivity index (χ3v) is 3.89. The van der Waals surface area contributed by atoms with E-state index in [1.54, 1.807) is 6.07 Å². The van der Waals surface area contributed by atoms with E-state index in [0.717, 1.165) is 5.56 Å². The van der Waals surface area contributed by atoms with E-state index in [9.17, 15) is 9.59 Å². The summed E-state index contributed by atoms with van der Waals surface area (Å²) in [5.41, 5.74) is 1.17. The lowest BCUT2D eigenvalue weighted by Crippen LogP contribution is -2.30. The number of esters is 1. The molecule has 1 N–H and O–H groups in total. The predicted octanol–water partition coefficient (Wildman–Crippen LogP) is 4.16. The van der Waals surface area contributed by atoms with Crippen LogP contribution in [0, 0.1) is 0 Å². The lowest BCUT2D eigenvalue weighted by Gasteiger charge is -2.08. The molecule has 126 valence electrons. The van der Waals surface area contributed by atoms with Crippen LogP contribution in [0.2, 0.25) is 15.1 Å². The Hall–Kier alpha value is -1.75. The normalized spacial score (nSPS) is 10.3. The molecular weight excluding hydrogens is 373 g/mol. The second kappa shape index (κ2) is 8.92. The van der Waals surface area contributed by atoms with Crippen LogP contribution >= 0.6 is 34.8 Å². The molecule has 0 aliphatic rings. The van der Waals surface area contributed by atoms with E-state index in [4.69, 9.17) is 39.5 Å². The van der Waals surface area contributed by atoms with Crippen LogP contribution in [-0.4, -0.2) is 25.0 Å². The van der Waals surface area contributed by atoms with Gasteiger partial charge in [-0.25, -0.2) is 4.79 Å². The summed E-state index contributed by atoms with van der Waals surface area (Å²) >= 11 is 17.6. The third-order valence-electron chi connectivity index (χ3n) is 3.11. The minimum Gasteiger partial charge on any atom is -0.452 e. The van der Waals surface area contributed by atoms with E-state index in [-0.39, 0.29) is 17.2 Å². The fourth-order valence-corrected chi connectivity index (χ4v) is 2.65. The van der Waals surface area contributed by atoms with Crippen LogP contribution in [0.3, 0.4) is 0 Å². The van der Waals surface area contributed by atoms with Gasteiger partial charge in [-0.05, 0) is 42.3 Å². The highest BCUT2D eigenvalue weighted by Crippen LogP contribution is 2.21. The largest absolute Gasteiger partial charge is 0.452 e. The van der Waals surface area contributed by atoms with Crippen molar-refractivity contribution < 1.29 is 14.3 Å². The van der Waals surface area contributed by atoms with Crippen LogP contribution in [0.25, 0.3) is 0 Å². The molecule has 24 heavy (non-hydrogen) atoms. The van der Waals surface area contributed by atoms with Gasteiger partial charge in [0.25, 0.3) is 5.91 Å². The first-order valence-corrected chi connectivity index (χ1v) is 8.22. The fourth-order valence-electron chi connectivity index (χ4n) is 1.95. The summed E-state index contributed by atoms with van der Waals surface area (Å²) in [6.07, 6.45) is 0.628. The Morgan fingerprint density at radius 2 is 1.75 bits per heavy atom. The summed E-state index contributed by atoms with van der Waals surface area (Å²) in [5, 5.41) is 3.90. The van der Waals surface area contributed by atoms with Crippen molar-refractivity contribution in [1.82, 2.24) is 5.32 Å². The molecule has 0 aromatic heterocycles. The highest BCUT2D eigenvalue weighted by molar-refractivity contribution is 6.36. The minimum atomic E-state index is -0.679. The first-order valence-electron chi connectivity index (χ1n) is 7.09. The number of carbonyl (C=O) groups is 2. The van der Waals surface area contributed by atoms with Gasteiger partial charge >= 0.3 is 5.97 Å². The molecule has 1 amide bonds. The van der Waals surface area contributed by atoms with Gasteiger partial charge in [0.1, 0.15) is 0 Å². The Morgan fingerprint density at radius 3 is 2.46 bits per heavy atom. The van der Waals surface area contributed by atoms with Crippen molar-refractivity contribution in [1.29, 1.82) is 0 Å². The quantitative estimate of drug-likeness (QED) is 0.758. The Morgan fingerprint density at radius 1 is 1.00 bits per heavy atom. The predicted molar refractivity (Wildman–Crippen MR) is 94.9 cm³/mol. The molecule has 0 heterocycles. The molecule has 0 aliphatic carbocycles. The van der Waals surface area contributed by atoms with Crippen molar-refractivity contribution in [3.63, 3.8) is 0 Å². The topological polar surface area (TPSA) is 55.4 Å². The number of hydrogen-bond acceptors (Lipinski definition) is 3. The van der Waals surface area contributed by atoms with Crippen molar-refractivity contribution in [3.05, 3.63) is 68.7 Å². The van der Waals surface area contributed by atoms with Gasteiger partial charge in [-0.15, -0.1) is 0 Å². The number of benzene rings is 2. The van der Waals surface area contributed by atoms with Crippen molar-refractivity contribution in [2.45, 2.75) is 6.42 Å². The minimum absolute atomic E-state index is 0.160. The number of hydrogen-bond donors (Lipinski definition) is 1. The first kappa shape index (κ1) is 18.6. The Bertz CT molecular complexity index is 750. The van der Waals surface area contributed by atoms with Gasteiger partial charge in [-0.3, -0.25) is 4.79 Å². The highest BCUT2D eigenvalue weighted by Gasteiger charge is 2.13. The maximum absolute atomic E-state index is 11.9. The van der Waals surface area contributed by atoms with Crippen LogP contribution in [0.15, 0.2) is 42.5 Å². The molecule has 2 rings (SSSR count). The summed E-state index contributed by atoms with van der Waals surface area (Å²) < 4.78 is 4.93. The van der Waals surface area contributed by atoms with Crippen LogP contribution in [0.5, 0.6) is 0 Å². The summed E-state index contributed by atoms with van der Waals surface area (Å²) in [7, 11) is 0. The number of nitrogens with one attached hydrogen (secondary N) is 1. The molecule has 0 saturated heterocycles. The molecule has 0 bridgehead atoms. The molecule has 2 aromatic carbocycles. The lowest BCUT2D eigenvalue weighted by atomic mass is 10.1. The summed E-state index contributed by atoms with van der Waals surface area (Å²) in [6, 6.07) is 11.8. The van der Waals surface area contributed by atoms with Gasteiger partial charge in [0.05, 0.1) is 10.6 Å². The summed E-state index contributed by atoms with van der Waals surface area (Å²) in [4.78, 5) is 23.6. The van der Waals surface area contributed by atoms with Gasteiger partial charge in [0, 0.05) is 16.6 Å². The van der Waals surface area contributed by atoms with Crippen molar-refractivity contribution in [3.8, 4) is 0 Å². The Balaban J connectivity index is 1.75. The molecule has 0 radical (unpaired) electrons. The number of ether oxygens (including phenoxy) is 1. The molecule has 0 unspecified atom stereocenters. The average Bonchev–Trinajstić information content (AvgIpc) is 2.53. The SMILES string of the molecule is O=C(COC(=O)c1ccc(Cl)cc1Cl)NCCc1cccc(Cl)c1. The monoisotopic (exact) mass is 385 g/mol. The molecule has 0 atom stereocenters. The van der Waals surface area contributed by atoms with Crippen LogP contribution in [-0.2, 0) is 16.0 Å². The van der Waals surface area contributed by atoms with E-state index in [1.807, 2.05) is 18.2 Å². The zero-order valence-electron chi connectivity index (χ0n) is 12.5. The van der Waals surface area contributed by atoms with Crippen molar-refractivity contribution in [2.75, 3.05) is 13.2 Å². The van der Waals surface area contributed by atoms with E-state index in [0.29, 0.717) is 23.0 Å². The van der Waals surface area contributed by atoms with Gasteiger partial charge in [-0.2, -0.15) is 0 Å². The van der Waals surface area contributed by atoms with Crippen LogP contribution < -0.4 is 5.32 Å². The van der Waals surface area contributed by atoms with Gasteiger partial charge in [0.15, 0.2) is 6.61 Å². The number of halogens is 3. The van der Waals surface area contributed by atoms with Gasteiger partial charge < -0.3 is 10.1 Å². The smallest absolute Gasteiger partial charge is 0.340 e. The summed E-state index contributed by atoms with van der Waals surface area (Å²) in [5.74, 6) is -1.07. The van der Waals surface area contributed by atoms with Gasteiger partial charge in [0.2, 0.25) is 0 Å². The Kier molecular flexibility index (Phi) is 6.91. The van der Waals surface area contributed by atoms with Crippen molar-refractivity contribution in [2.24, 2.45) is 0 Å². The second-order valence-electron chi connectivity index (χ2n) is 4.93. The second-order valence-corrected chi connectivity index (χ2v) is 6.21. The maximum atomic E-state index is 11.9. The molecule has 0 aliphatic heterocycles. The zero-order valence-corrected chi connectivity index (χ0v) is 14.8. The van der Waals surface area contributed by atoms with E-state index < -0.39 is 11.9 Å². The standard InChI is InChI=1S/C17H14Cl3NO3/c18-12-3-1-2-11(8-12)6-7-21-16(22)10-24-17(23)14-5-4-13(19)9-15(14)20/h1-5,8-9H,6-7,10H2,(H,21,22). The van der Waals surface area contributed by atoms with E-state index >= 15 is 0 Å². The zero-order chi connectivity index (χ0) is 17.5. The highest BCUT2D eigenvalue weighted by atomic mass is 35.5. The molecule has 0 saturated carbocycles. The number of carbonyl (C=O) groups excluding carboxylic acids is 2. The first-order chi connectivity index (χ1) is 11.5. The molecule has 2 aromatic rings. The number of rotatable bonds is 6. The molecular formula is C17H14Cl3NO3. The van der Waals surface area contributed by atoms with Gasteiger partial charge in [-0.1, -0.05) is 46.9 Å². The average molecular weight is 387 g/mol. The Labute approximate surface area is 154 Å². The van der Waals surface area contributed by atoms with Crippen LogP contribution in [0.4, 0.5) is 0 Å². The molecule has 0 spiro atoms. The fraction of sp³-hybridized carbons (Fsp3) is 0.176. The number of amides is 1. The molecule has 4 nitrogen and oxygen atoms in total. The van der Waals surface area contributed by atoms with Crippen molar-refractivity contribution >= 4 is 46.7 Å². The molecule has 7 heteroatoms. The lowest BCUT2D eigenvalue weighted by molar-refractivity contribution is -0.124. The van der Waals surface area contributed by atoms with E-state index in [1.165, 1.54) is 18.2 Å². The van der Waals surface area contributed by atoms with E-state index in [2.05, 4.69) is 5.32 Å². The maximum Gasteiger partial charge on any atom is 0.340 e. The summed E-state index contributed by atoms with van der Waals surface area (Å²) in [6.45, 7) is 0.0335.